The van der Waals surface area contributed by atoms with Crippen molar-refractivity contribution >= 4 is 16.9 Å². The first-order valence-electron chi connectivity index (χ1n) is 6.33. The summed E-state index contributed by atoms with van der Waals surface area (Å²) in [6, 6.07) is 8.66. The Morgan fingerprint density at radius 1 is 1.35 bits per heavy atom. The quantitative estimate of drug-likeness (QED) is 0.720. The van der Waals surface area contributed by atoms with Gasteiger partial charge in [0.15, 0.2) is 0 Å². The Labute approximate surface area is 115 Å². The van der Waals surface area contributed by atoms with E-state index in [0.29, 0.717) is 16.6 Å². The van der Waals surface area contributed by atoms with E-state index in [1.165, 1.54) is 6.07 Å². The number of pyridine rings is 1. The van der Waals surface area contributed by atoms with Gasteiger partial charge >= 0.3 is 0 Å². The van der Waals surface area contributed by atoms with Crippen LogP contribution in [0.1, 0.15) is 17.3 Å². The van der Waals surface area contributed by atoms with Crippen LogP contribution in [0.5, 0.6) is 0 Å². The zero-order valence-corrected chi connectivity index (χ0v) is 10.9. The molecule has 0 fully saturated rings. The molecule has 0 amide bonds. The lowest BCUT2D eigenvalue weighted by atomic mass is 10.1. The van der Waals surface area contributed by atoms with Crippen LogP contribution in [0.15, 0.2) is 42.7 Å². The smallest absolute Gasteiger partial charge is 0.0747 e. The van der Waals surface area contributed by atoms with E-state index < -0.39 is 5.97 Å². The Morgan fingerprint density at radius 3 is 2.85 bits per heavy atom. The van der Waals surface area contributed by atoms with Gasteiger partial charge in [-0.1, -0.05) is 18.2 Å². The first kappa shape index (κ1) is 12.3. The van der Waals surface area contributed by atoms with E-state index in [9.17, 15) is 9.90 Å². The van der Waals surface area contributed by atoms with Crippen LogP contribution in [-0.2, 0) is 6.54 Å². The van der Waals surface area contributed by atoms with Crippen molar-refractivity contribution in [2.45, 2.75) is 13.5 Å². The molecule has 5 nitrogen and oxygen atoms in total. The molecular weight excluding hydrogens is 254 g/mol. The Hall–Kier alpha value is -2.69. The number of carbonyl (C=O) groups is 1. The molecule has 0 aliphatic rings. The van der Waals surface area contributed by atoms with Gasteiger partial charge in [-0.3, -0.25) is 4.68 Å². The number of carboxylic acids is 1. The minimum atomic E-state index is -1.20. The van der Waals surface area contributed by atoms with Crippen LogP contribution in [0.4, 0.5) is 0 Å². The molecule has 0 aliphatic carbocycles. The summed E-state index contributed by atoms with van der Waals surface area (Å²) in [6.07, 6.45) is 3.52. The molecule has 100 valence electrons. The lowest BCUT2D eigenvalue weighted by molar-refractivity contribution is -0.254. The molecule has 0 radical (unpaired) electrons. The van der Waals surface area contributed by atoms with Crippen LogP contribution in [0.25, 0.3) is 22.2 Å². The molecule has 0 N–H and O–H groups in total. The number of hydrogen-bond acceptors (Lipinski definition) is 4. The van der Waals surface area contributed by atoms with Gasteiger partial charge < -0.3 is 9.90 Å². The molecule has 0 saturated heterocycles. The topological polar surface area (TPSA) is 70.8 Å². The van der Waals surface area contributed by atoms with Gasteiger partial charge in [0.2, 0.25) is 0 Å². The first-order chi connectivity index (χ1) is 9.69. The summed E-state index contributed by atoms with van der Waals surface area (Å²) in [5.41, 5.74) is 2.16. The number of rotatable bonds is 3. The third kappa shape index (κ3) is 2.03. The van der Waals surface area contributed by atoms with Gasteiger partial charge in [-0.05, 0) is 19.1 Å². The molecule has 5 heteroatoms. The fourth-order valence-corrected chi connectivity index (χ4v) is 2.16. The van der Waals surface area contributed by atoms with Crippen molar-refractivity contribution in [2.24, 2.45) is 0 Å². The van der Waals surface area contributed by atoms with Crippen molar-refractivity contribution < 1.29 is 9.90 Å². The molecule has 0 atom stereocenters. The van der Waals surface area contributed by atoms with Gasteiger partial charge in [-0.25, -0.2) is 4.98 Å². The van der Waals surface area contributed by atoms with Crippen molar-refractivity contribution in [3.05, 3.63) is 48.3 Å². The Morgan fingerprint density at radius 2 is 2.15 bits per heavy atom. The summed E-state index contributed by atoms with van der Waals surface area (Å²) in [4.78, 5) is 15.8. The summed E-state index contributed by atoms with van der Waals surface area (Å²) in [7, 11) is 0. The standard InChI is InChI=1S/C15H13N3O2/c1-2-18-9-10(8-16-18)14-7-12(15(19)20)11-5-3-4-6-13(11)17-14/h3-9H,2H2,1H3,(H,19,20)/p-1. The maximum absolute atomic E-state index is 11.3. The van der Waals surface area contributed by atoms with E-state index in [0.717, 1.165) is 12.1 Å². The van der Waals surface area contributed by atoms with Crippen LogP contribution < -0.4 is 5.11 Å². The Bertz CT molecular complexity index is 793. The zero-order chi connectivity index (χ0) is 14.1. The molecule has 0 spiro atoms. The highest BCUT2D eigenvalue weighted by molar-refractivity contribution is 6.02. The molecule has 20 heavy (non-hydrogen) atoms. The lowest BCUT2D eigenvalue weighted by Gasteiger charge is -2.09. The van der Waals surface area contributed by atoms with Gasteiger partial charge in [0.1, 0.15) is 0 Å². The molecule has 1 aromatic carbocycles. The van der Waals surface area contributed by atoms with Gasteiger partial charge in [0, 0.05) is 29.3 Å². The number of carboxylic acid groups (broad SMARTS) is 1. The van der Waals surface area contributed by atoms with Crippen molar-refractivity contribution in [3.63, 3.8) is 0 Å². The van der Waals surface area contributed by atoms with Gasteiger partial charge in [0.05, 0.1) is 23.4 Å². The fraction of sp³-hybridized carbons (Fsp3) is 0.133. The Balaban J connectivity index is 2.24. The monoisotopic (exact) mass is 266 g/mol. The molecule has 3 aromatic rings. The number of hydrogen-bond donors (Lipinski definition) is 0. The third-order valence-electron chi connectivity index (χ3n) is 3.19. The molecular formula is C15H12N3O2-. The maximum atomic E-state index is 11.3. The minimum absolute atomic E-state index is 0.148. The molecule has 0 saturated carbocycles. The van der Waals surface area contributed by atoms with Crippen LogP contribution in [-0.4, -0.2) is 20.7 Å². The van der Waals surface area contributed by atoms with E-state index in [4.69, 9.17) is 0 Å². The van der Waals surface area contributed by atoms with Crippen LogP contribution in [0, 0.1) is 0 Å². The number of nitrogens with zero attached hydrogens (tertiary/aromatic N) is 3. The summed E-state index contributed by atoms with van der Waals surface area (Å²) < 4.78 is 1.77. The van der Waals surface area contributed by atoms with Crippen molar-refractivity contribution in [3.8, 4) is 11.3 Å². The second-order valence-electron chi connectivity index (χ2n) is 4.44. The second kappa shape index (κ2) is 4.77. The number of aromatic nitrogens is 3. The van der Waals surface area contributed by atoms with Crippen molar-refractivity contribution in [1.29, 1.82) is 0 Å². The summed E-state index contributed by atoms with van der Waals surface area (Å²) in [5.74, 6) is -1.20. The van der Waals surface area contributed by atoms with Crippen LogP contribution >= 0.6 is 0 Å². The number of aryl methyl sites for hydroxylation is 1. The van der Waals surface area contributed by atoms with Crippen molar-refractivity contribution in [2.75, 3.05) is 0 Å². The zero-order valence-electron chi connectivity index (χ0n) is 10.9. The fourth-order valence-electron chi connectivity index (χ4n) is 2.16. The number of fused-ring (bicyclic) bond motifs is 1. The third-order valence-corrected chi connectivity index (χ3v) is 3.19. The first-order valence-corrected chi connectivity index (χ1v) is 6.33. The highest BCUT2D eigenvalue weighted by Gasteiger charge is 2.09. The highest BCUT2D eigenvalue weighted by atomic mass is 16.4. The van der Waals surface area contributed by atoms with Gasteiger partial charge in [-0.15, -0.1) is 0 Å². The molecule has 2 aromatic heterocycles. The molecule has 0 bridgehead atoms. The Kier molecular flexibility index (Phi) is 2.95. The number of benzene rings is 1. The van der Waals surface area contributed by atoms with Crippen LogP contribution in [0.3, 0.4) is 0 Å². The summed E-state index contributed by atoms with van der Waals surface area (Å²) in [5, 5.41) is 16.1. The second-order valence-corrected chi connectivity index (χ2v) is 4.44. The molecule has 2 heterocycles. The van der Waals surface area contributed by atoms with E-state index in [-0.39, 0.29) is 5.56 Å². The largest absolute Gasteiger partial charge is 0.545 e. The lowest BCUT2D eigenvalue weighted by Crippen LogP contribution is -2.22. The van der Waals surface area contributed by atoms with Gasteiger partial charge in [-0.2, -0.15) is 5.10 Å². The number of carbonyl (C=O) groups excluding carboxylic acids is 1. The molecule has 0 aliphatic heterocycles. The van der Waals surface area contributed by atoms with Crippen LogP contribution in [0.2, 0.25) is 0 Å². The van der Waals surface area contributed by atoms with E-state index in [1.807, 2.05) is 19.2 Å². The van der Waals surface area contributed by atoms with Crippen molar-refractivity contribution in [1.82, 2.24) is 14.8 Å². The number of aromatic carboxylic acids is 1. The van der Waals surface area contributed by atoms with E-state index in [2.05, 4.69) is 10.1 Å². The van der Waals surface area contributed by atoms with E-state index in [1.54, 1.807) is 29.1 Å². The number of para-hydroxylation sites is 1. The van der Waals surface area contributed by atoms with E-state index >= 15 is 0 Å². The average molecular weight is 266 g/mol. The van der Waals surface area contributed by atoms with Gasteiger partial charge in [0.25, 0.3) is 0 Å². The predicted molar refractivity (Wildman–Crippen MR) is 73.0 cm³/mol. The summed E-state index contributed by atoms with van der Waals surface area (Å²) >= 11 is 0. The molecule has 3 rings (SSSR count). The molecule has 0 unspecified atom stereocenters. The minimum Gasteiger partial charge on any atom is -0.545 e. The average Bonchev–Trinajstić information content (AvgIpc) is 2.95. The maximum Gasteiger partial charge on any atom is 0.0747 e. The normalized spacial score (nSPS) is 10.8. The summed E-state index contributed by atoms with van der Waals surface area (Å²) in [6.45, 7) is 2.73. The SMILES string of the molecule is CCn1cc(-c2cc(C(=O)[O-])c3ccccc3n2)cn1. The predicted octanol–water partition coefficient (Wildman–Crippen LogP) is 1.48. The highest BCUT2D eigenvalue weighted by Crippen LogP contribution is 2.24.